The number of amides is 2. The molecule has 3 N–H and O–H groups in total. The van der Waals surface area contributed by atoms with Gasteiger partial charge < -0.3 is 15.8 Å². The van der Waals surface area contributed by atoms with E-state index in [2.05, 4.69) is 19.2 Å². The Hall–Kier alpha value is -3.08. The van der Waals surface area contributed by atoms with Crippen LogP contribution in [0.4, 0.5) is 0 Å². The van der Waals surface area contributed by atoms with Gasteiger partial charge in [-0.15, -0.1) is 0 Å². The summed E-state index contributed by atoms with van der Waals surface area (Å²) in [5.74, 6) is 0.00917. The van der Waals surface area contributed by atoms with Crippen molar-refractivity contribution in [2.24, 2.45) is 11.7 Å². The van der Waals surface area contributed by atoms with Gasteiger partial charge in [-0.2, -0.15) is 0 Å². The SMILES string of the molecule is CC(C)COc1ccc(C(=O)N/C(=C\c2ccccc2)C(N)=O)cc1. The van der Waals surface area contributed by atoms with E-state index in [1.807, 2.05) is 30.3 Å². The zero-order valence-corrected chi connectivity index (χ0v) is 14.4. The van der Waals surface area contributed by atoms with E-state index in [0.717, 1.165) is 5.56 Å². The van der Waals surface area contributed by atoms with Gasteiger partial charge in [0.25, 0.3) is 11.8 Å². The van der Waals surface area contributed by atoms with E-state index in [0.29, 0.717) is 23.8 Å². The Labute approximate surface area is 147 Å². The first kappa shape index (κ1) is 18.3. The van der Waals surface area contributed by atoms with Crippen molar-refractivity contribution in [2.75, 3.05) is 6.61 Å². The minimum atomic E-state index is -0.700. The summed E-state index contributed by atoms with van der Waals surface area (Å²) in [4.78, 5) is 23.9. The molecular formula is C20H22N2O3. The van der Waals surface area contributed by atoms with Crippen molar-refractivity contribution in [2.45, 2.75) is 13.8 Å². The molecule has 0 saturated carbocycles. The second-order valence-corrected chi connectivity index (χ2v) is 6.02. The second kappa shape index (κ2) is 8.68. The number of rotatable bonds is 7. The predicted octanol–water partition coefficient (Wildman–Crippen LogP) is 2.98. The maximum atomic E-state index is 12.3. The first-order valence-corrected chi connectivity index (χ1v) is 8.06. The number of ether oxygens (including phenoxy) is 1. The van der Waals surface area contributed by atoms with Gasteiger partial charge in [-0.1, -0.05) is 44.2 Å². The number of hydrogen-bond donors (Lipinski definition) is 2. The van der Waals surface area contributed by atoms with Crippen LogP contribution in [0.3, 0.4) is 0 Å². The Morgan fingerprint density at radius 1 is 1.08 bits per heavy atom. The van der Waals surface area contributed by atoms with Gasteiger partial charge in [-0.3, -0.25) is 9.59 Å². The summed E-state index contributed by atoms with van der Waals surface area (Å²) in [6.07, 6.45) is 1.54. The van der Waals surface area contributed by atoms with Crippen LogP contribution in [0, 0.1) is 5.92 Å². The lowest BCUT2D eigenvalue weighted by Gasteiger charge is -2.10. The third kappa shape index (κ3) is 5.80. The monoisotopic (exact) mass is 338 g/mol. The lowest BCUT2D eigenvalue weighted by atomic mass is 10.1. The fraction of sp³-hybridized carbons (Fsp3) is 0.200. The molecule has 130 valence electrons. The lowest BCUT2D eigenvalue weighted by Crippen LogP contribution is -2.31. The fourth-order valence-corrected chi connectivity index (χ4v) is 2.04. The van der Waals surface area contributed by atoms with E-state index in [-0.39, 0.29) is 5.70 Å². The highest BCUT2D eigenvalue weighted by atomic mass is 16.5. The minimum absolute atomic E-state index is 0.0383. The molecule has 5 heteroatoms. The molecule has 0 unspecified atom stereocenters. The molecular weight excluding hydrogens is 316 g/mol. The van der Waals surface area contributed by atoms with E-state index in [1.165, 1.54) is 0 Å². The number of carbonyl (C=O) groups is 2. The highest BCUT2D eigenvalue weighted by molar-refractivity contribution is 6.04. The van der Waals surface area contributed by atoms with Crippen LogP contribution in [0.25, 0.3) is 6.08 Å². The Morgan fingerprint density at radius 3 is 2.28 bits per heavy atom. The van der Waals surface area contributed by atoms with Crippen LogP contribution >= 0.6 is 0 Å². The van der Waals surface area contributed by atoms with Crippen LogP contribution in [0.1, 0.15) is 29.8 Å². The van der Waals surface area contributed by atoms with Gasteiger partial charge in [0.05, 0.1) is 6.61 Å². The Kier molecular flexibility index (Phi) is 6.34. The van der Waals surface area contributed by atoms with E-state index < -0.39 is 11.8 Å². The molecule has 2 aromatic rings. The number of hydrogen-bond acceptors (Lipinski definition) is 3. The topological polar surface area (TPSA) is 81.4 Å². The first-order valence-electron chi connectivity index (χ1n) is 8.06. The average Bonchev–Trinajstić information content (AvgIpc) is 2.60. The van der Waals surface area contributed by atoms with Crippen molar-refractivity contribution >= 4 is 17.9 Å². The molecule has 0 aliphatic rings. The molecule has 25 heavy (non-hydrogen) atoms. The highest BCUT2D eigenvalue weighted by Gasteiger charge is 2.12. The molecule has 0 radical (unpaired) electrons. The van der Waals surface area contributed by atoms with Gasteiger partial charge in [0.15, 0.2) is 0 Å². The van der Waals surface area contributed by atoms with Crippen molar-refractivity contribution in [3.05, 3.63) is 71.4 Å². The van der Waals surface area contributed by atoms with E-state index in [4.69, 9.17) is 10.5 Å². The summed E-state index contributed by atoms with van der Waals surface area (Å²) < 4.78 is 5.58. The van der Waals surface area contributed by atoms with Crippen LogP contribution in [0.15, 0.2) is 60.3 Å². The number of nitrogens with one attached hydrogen (secondary N) is 1. The summed E-state index contributed by atoms with van der Waals surface area (Å²) in [6, 6.07) is 15.9. The molecule has 0 spiro atoms. The summed E-state index contributed by atoms with van der Waals surface area (Å²) in [5, 5.41) is 2.56. The van der Waals surface area contributed by atoms with Crippen molar-refractivity contribution in [3.63, 3.8) is 0 Å². The third-order valence-corrected chi connectivity index (χ3v) is 3.32. The van der Waals surface area contributed by atoms with Crippen LogP contribution in [0.5, 0.6) is 5.75 Å². The molecule has 0 fully saturated rings. The normalized spacial score (nSPS) is 11.2. The molecule has 0 aliphatic heterocycles. The van der Waals surface area contributed by atoms with Crippen molar-refractivity contribution in [3.8, 4) is 5.75 Å². The molecule has 2 amide bonds. The van der Waals surface area contributed by atoms with Crippen molar-refractivity contribution in [1.82, 2.24) is 5.32 Å². The molecule has 0 heterocycles. The van der Waals surface area contributed by atoms with Crippen molar-refractivity contribution < 1.29 is 14.3 Å². The van der Waals surface area contributed by atoms with Gasteiger partial charge in [-0.25, -0.2) is 0 Å². The zero-order valence-electron chi connectivity index (χ0n) is 14.4. The van der Waals surface area contributed by atoms with E-state index in [9.17, 15) is 9.59 Å². The van der Waals surface area contributed by atoms with Gasteiger partial charge in [0.1, 0.15) is 11.4 Å². The summed E-state index contributed by atoms with van der Waals surface area (Å²) >= 11 is 0. The van der Waals surface area contributed by atoms with Gasteiger partial charge in [0.2, 0.25) is 0 Å². The minimum Gasteiger partial charge on any atom is -0.493 e. The molecule has 0 atom stereocenters. The number of benzene rings is 2. The molecule has 0 saturated heterocycles. The third-order valence-electron chi connectivity index (χ3n) is 3.32. The fourth-order valence-electron chi connectivity index (χ4n) is 2.04. The van der Waals surface area contributed by atoms with E-state index in [1.54, 1.807) is 30.3 Å². The molecule has 2 rings (SSSR count). The number of primary amides is 1. The Balaban J connectivity index is 2.08. The molecule has 5 nitrogen and oxygen atoms in total. The quantitative estimate of drug-likeness (QED) is 0.762. The predicted molar refractivity (Wildman–Crippen MR) is 97.9 cm³/mol. The second-order valence-electron chi connectivity index (χ2n) is 6.02. The number of carbonyl (C=O) groups excluding carboxylic acids is 2. The lowest BCUT2D eigenvalue weighted by molar-refractivity contribution is -0.114. The highest BCUT2D eigenvalue weighted by Crippen LogP contribution is 2.14. The number of nitrogens with two attached hydrogens (primary N) is 1. The van der Waals surface area contributed by atoms with E-state index >= 15 is 0 Å². The maximum absolute atomic E-state index is 12.3. The van der Waals surface area contributed by atoms with Gasteiger partial charge >= 0.3 is 0 Å². The summed E-state index contributed by atoms with van der Waals surface area (Å²) in [7, 11) is 0. The molecule has 2 aromatic carbocycles. The van der Waals surface area contributed by atoms with Crippen molar-refractivity contribution in [1.29, 1.82) is 0 Å². The smallest absolute Gasteiger partial charge is 0.265 e. The molecule has 0 aliphatic carbocycles. The molecule has 0 aromatic heterocycles. The maximum Gasteiger partial charge on any atom is 0.265 e. The van der Waals surface area contributed by atoms with Crippen LogP contribution < -0.4 is 15.8 Å². The van der Waals surface area contributed by atoms with Crippen LogP contribution in [-0.4, -0.2) is 18.4 Å². The van der Waals surface area contributed by atoms with Crippen LogP contribution in [0.2, 0.25) is 0 Å². The van der Waals surface area contributed by atoms with Gasteiger partial charge in [-0.05, 0) is 41.8 Å². The average molecular weight is 338 g/mol. The molecule has 0 bridgehead atoms. The largest absolute Gasteiger partial charge is 0.493 e. The van der Waals surface area contributed by atoms with Gasteiger partial charge in [0, 0.05) is 5.56 Å². The summed E-state index contributed by atoms with van der Waals surface area (Å²) in [6.45, 7) is 4.73. The standard InChI is InChI=1S/C20H22N2O3/c1-14(2)13-25-17-10-8-16(9-11-17)20(24)22-18(19(21)23)12-15-6-4-3-5-7-15/h3-12,14H,13H2,1-2H3,(H2,21,23)(H,22,24)/b18-12-. The summed E-state index contributed by atoms with van der Waals surface area (Å²) in [5.41, 5.74) is 6.59. The Bertz CT molecular complexity index is 750. The Morgan fingerprint density at radius 2 is 1.72 bits per heavy atom. The zero-order chi connectivity index (χ0) is 18.2. The van der Waals surface area contributed by atoms with Crippen LogP contribution in [-0.2, 0) is 4.79 Å². The first-order chi connectivity index (χ1) is 12.0.